The molecule has 0 aliphatic carbocycles. The first kappa shape index (κ1) is 14.6. The molecule has 1 N–H and O–H groups in total. The molecule has 6 heteroatoms. The van der Waals surface area contributed by atoms with Crippen LogP contribution in [0.2, 0.25) is 0 Å². The van der Waals surface area contributed by atoms with Gasteiger partial charge in [0, 0.05) is 36.6 Å². The number of imidazole rings is 1. The number of hydrogen-bond donors (Lipinski definition) is 1. The fourth-order valence-electron chi connectivity index (χ4n) is 2.24. The lowest BCUT2D eigenvalue weighted by Crippen LogP contribution is -2.24. The Balaban J connectivity index is 2.50. The Bertz CT molecular complexity index is 572. The van der Waals surface area contributed by atoms with Crippen LogP contribution in [0.4, 0.5) is 13.2 Å². The first-order chi connectivity index (χ1) is 9.58. The van der Waals surface area contributed by atoms with Crippen LogP contribution < -0.4 is 5.32 Å². The molecule has 1 heterocycles. The summed E-state index contributed by atoms with van der Waals surface area (Å²) < 4.78 is 42.6. The average Bonchev–Trinajstić information content (AvgIpc) is 2.82. The summed E-state index contributed by atoms with van der Waals surface area (Å²) in [5.74, 6) is -2.28. The minimum Gasteiger partial charge on any atom is -0.333 e. The Morgan fingerprint density at radius 2 is 1.90 bits per heavy atom. The fraction of sp³-hybridized carbons (Fsp3) is 0.357. The van der Waals surface area contributed by atoms with E-state index < -0.39 is 23.5 Å². The van der Waals surface area contributed by atoms with Crippen molar-refractivity contribution >= 4 is 0 Å². The number of rotatable bonds is 5. The molecule has 2 rings (SSSR count). The van der Waals surface area contributed by atoms with Crippen molar-refractivity contribution in [3.05, 3.63) is 53.4 Å². The predicted molar refractivity (Wildman–Crippen MR) is 69.7 cm³/mol. The molecule has 1 aromatic heterocycles. The van der Waals surface area contributed by atoms with Crippen LogP contribution in [0.25, 0.3) is 0 Å². The predicted octanol–water partition coefficient (Wildman–Crippen LogP) is 3.02. The summed E-state index contributed by atoms with van der Waals surface area (Å²) in [6.07, 6.45) is 4.20. The molecule has 1 aromatic carbocycles. The highest BCUT2D eigenvalue weighted by Crippen LogP contribution is 2.26. The molecule has 2 aromatic rings. The summed E-state index contributed by atoms with van der Waals surface area (Å²) in [4.78, 5) is 4.16. The zero-order chi connectivity index (χ0) is 14.7. The van der Waals surface area contributed by atoms with Gasteiger partial charge in [0.25, 0.3) is 0 Å². The molecule has 0 fully saturated rings. The number of aromatic nitrogens is 2. The third kappa shape index (κ3) is 2.70. The SMILES string of the molecule is CCCn1ccnc1C(NC)c1c(F)cc(F)cc1F. The highest BCUT2D eigenvalue weighted by Gasteiger charge is 2.25. The molecule has 0 radical (unpaired) electrons. The average molecular weight is 283 g/mol. The maximum atomic E-state index is 13.9. The minimum atomic E-state index is -0.935. The smallest absolute Gasteiger partial charge is 0.134 e. The molecule has 0 spiro atoms. The van der Waals surface area contributed by atoms with Crippen molar-refractivity contribution in [3.8, 4) is 0 Å². The Morgan fingerprint density at radius 1 is 1.25 bits per heavy atom. The van der Waals surface area contributed by atoms with Gasteiger partial charge in [-0.05, 0) is 13.5 Å². The van der Waals surface area contributed by atoms with Crippen molar-refractivity contribution in [1.29, 1.82) is 0 Å². The van der Waals surface area contributed by atoms with Gasteiger partial charge in [-0.2, -0.15) is 0 Å². The number of benzene rings is 1. The van der Waals surface area contributed by atoms with Gasteiger partial charge in [0.2, 0.25) is 0 Å². The van der Waals surface area contributed by atoms with Crippen molar-refractivity contribution in [3.63, 3.8) is 0 Å². The minimum absolute atomic E-state index is 0.225. The number of aryl methyl sites for hydroxylation is 1. The van der Waals surface area contributed by atoms with Crippen LogP contribution >= 0.6 is 0 Å². The summed E-state index contributed by atoms with van der Waals surface area (Å²) in [6.45, 7) is 2.69. The molecule has 1 atom stereocenters. The zero-order valence-electron chi connectivity index (χ0n) is 11.3. The molecule has 20 heavy (non-hydrogen) atoms. The molecule has 1 unspecified atom stereocenters. The van der Waals surface area contributed by atoms with Crippen LogP contribution in [0.3, 0.4) is 0 Å². The maximum Gasteiger partial charge on any atom is 0.134 e. The van der Waals surface area contributed by atoms with Crippen molar-refractivity contribution < 1.29 is 13.2 Å². The third-order valence-electron chi connectivity index (χ3n) is 3.09. The maximum absolute atomic E-state index is 13.9. The summed E-state index contributed by atoms with van der Waals surface area (Å²) in [5.41, 5.74) is -0.225. The van der Waals surface area contributed by atoms with E-state index in [0.717, 1.165) is 6.42 Å². The van der Waals surface area contributed by atoms with Crippen LogP contribution in [0.1, 0.15) is 30.8 Å². The molecule has 0 amide bonds. The topological polar surface area (TPSA) is 29.9 Å². The second-order valence-corrected chi connectivity index (χ2v) is 4.48. The van der Waals surface area contributed by atoms with Crippen LogP contribution in [0.15, 0.2) is 24.5 Å². The summed E-state index contributed by atoms with van der Waals surface area (Å²) in [6, 6.07) is 0.586. The van der Waals surface area contributed by atoms with E-state index in [9.17, 15) is 13.2 Å². The van der Waals surface area contributed by atoms with Gasteiger partial charge in [-0.1, -0.05) is 6.92 Å². The number of hydrogen-bond acceptors (Lipinski definition) is 2. The second-order valence-electron chi connectivity index (χ2n) is 4.48. The lowest BCUT2D eigenvalue weighted by atomic mass is 10.0. The van der Waals surface area contributed by atoms with Crippen LogP contribution in [0.5, 0.6) is 0 Å². The van der Waals surface area contributed by atoms with E-state index in [2.05, 4.69) is 10.3 Å². The van der Waals surface area contributed by atoms with E-state index >= 15 is 0 Å². The van der Waals surface area contributed by atoms with Crippen LogP contribution in [0, 0.1) is 17.5 Å². The van der Waals surface area contributed by atoms with Crippen LogP contribution in [-0.4, -0.2) is 16.6 Å². The van der Waals surface area contributed by atoms with Crippen molar-refractivity contribution in [1.82, 2.24) is 14.9 Å². The number of nitrogens with one attached hydrogen (secondary N) is 1. The normalized spacial score (nSPS) is 12.7. The van der Waals surface area contributed by atoms with E-state index in [1.54, 1.807) is 19.4 Å². The summed E-state index contributed by atoms with van der Waals surface area (Å²) >= 11 is 0. The first-order valence-corrected chi connectivity index (χ1v) is 6.41. The van der Waals surface area contributed by atoms with Gasteiger partial charge in [-0.25, -0.2) is 18.2 Å². The summed E-state index contributed by atoms with van der Waals surface area (Å²) in [5, 5.41) is 2.83. The van der Waals surface area contributed by atoms with Gasteiger partial charge >= 0.3 is 0 Å². The molecule has 0 saturated heterocycles. The zero-order valence-corrected chi connectivity index (χ0v) is 11.3. The lowest BCUT2D eigenvalue weighted by Gasteiger charge is -2.19. The molecular weight excluding hydrogens is 267 g/mol. The lowest BCUT2D eigenvalue weighted by molar-refractivity contribution is 0.481. The molecular formula is C14H16F3N3. The van der Waals surface area contributed by atoms with Gasteiger partial charge < -0.3 is 9.88 Å². The molecule has 0 saturated carbocycles. The molecule has 108 valence electrons. The molecule has 3 nitrogen and oxygen atoms in total. The standard InChI is InChI=1S/C14H16F3N3/c1-3-5-20-6-4-19-14(20)13(18-2)12-10(16)7-9(15)8-11(12)17/h4,6-8,13,18H,3,5H2,1-2H3. The Labute approximate surface area is 115 Å². The van der Waals surface area contributed by atoms with Crippen molar-refractivity contribution in [2.24, 2.45) is 0 Å². The van der Waals surface area contributed by atoms with Gasteiger partial charge in [0.15, 0.2) is 0 Å². The largest absolute Gasteiger partial charge is 0.333 e. The first-order valence-electron chi connectivity index (χ1n) is 6.41. The quantitative estimate of drug-likeness (QED) is 0.914. The van der Waals surface area contributed by atoms with E-state index in [4.69, 9.17) is 0 Å². The highest BCUT2D eigenvalue weighted by molar-refractivity contribution is 5.29. The summed E-state index contributed by atoms with van der Waals surface area (Å²) in [7, 11) is 1.58. The van der Waals surface area contributed by atoms with Crippen LogP contribution in [-0.2, 0) is 6.54 Å². The van der Waals surface area contributed by atoms with Crippen molar-refractivity contribution in [2.45, 2.75) is 25.9 Å². The number of nitrogens with zero attached hydrogens (tertiary/aromatic N) is 2. The van der Waals surface area contributed by atoms with E-state index in [1.807, 2.05) is 11.5 Å². The van der Waals surface area contributed by atoms with Gasteiger partial charge in [-0.3, -0.25) is 0 Å². The van der Waals surface area contributed by atoms with Gasteiger partial charge in [0.05, 0.1) is 6.04 Å². The second kappa shape index (κ2) is 6.09. The number of halogens is 3. The Hall–Kier alpha value is -1.82. The monoisotopic (exact) mass is 283 g/mol. The Morgan fingerprint density at radius 3 is 2.45 bits per heavy atom. The fourth-order valence-corrected chi connectivity index (χ4v) is 2.24. The van der Waals surface area contributed by atoms with E-state index in [0.29, 0.717) is 24.5 Å². The van der Waals surface area contributed by atoms with E-state index in [-0.39, 0.29) is 5.56 Å². The Kier molecular flexibility index (Phi) is 4.44. The van der Waals surface area contributed by atoms with Gasteiger partial charge in [0.1, 0.15) is 23.3 Å². The van der Waals surface area contributed by atoms with Gasteiger partial charge in [-0.15, -0.1) is 0 Å². The third-order valence-corrected chi connectivity index (χ3v) is 3.09. The highest BCUT2D eigenvalue weighted by atomic mass is 19.1. The molecule has 0 aliphatic heterocycles. The van der Waals surface area contributed by atoms with E-state index in [1.165, 1.54) is 0 Å². The molecule has 0 bridgehead atoms. The van der Waals surface area contributed by atoms with Crippen molar-refractivity contribution in [2.75, 3.05) is 7.05 Å². The molecule has 0 aliphatic rings.